The minimum absolute atomic E-state index is 0.140. The standard InChI is InChI=1S/C27H26N2O9S2/c1-16(15-30)36-21-11-18(12-22(13-21)37-19-7-9-23(10-8-19)40(2,34)35)25(31)29-27-28-14-24(39-27)38-20-5-3-17(4-6-20)26(32)33/h3,5-14,16-17,30H,4,15H2,1-2H3,(H,32,33)(H,28,29,31)/t16-,17?/m0/s1. The van der Waals surface area contributed by atoms with E-state index in [0.29, 0.717) is 23.0 Å². The SMILES string of the molecule is C[C@@H](CO)Oc1cc(Oc2ccc(S(C)(=O)=O)cc2)cc(C(=O)Nc2ncc(OC3=CCC(C(=O)O)C=C3)s2)c1. The largest absolute Gasteiger partial charge is 0.488 e. The van der Waals surface area contributed by atoms with E-state index in [0.717, 1.165) is 17.6 Å². The van der Waals surface area contributed by atoms with Crippen LogP contribution in [0.1, 0.15) is 23.7 Å². The second-order valence-corrected chi connectivity index (χ2v) is 11.8. The number of carboxylic acids is 1. The molecule has 210 valence electrons. The summed E-state index contributed by atoms with van der Waals surface area (Å²) in [7, 11) is -3.37. The minimum atomic E-state index is -3.37. The number of aliphatic hydroxyl groups excluding tert-OH is 1. The lowest BCUT2D eigenvalue weighted by molar-refractivity contribution is -0.140. The van der Waals surface area contributed by atoms with Gasteiger partial charge in [0, 0.05) is 17.9 Å². The van der Waals surface area contributed by atoms with Crippen molar-refractivity contribution >= 4 is 38.2 Å². The fraction of sp³-hybridized carbons (Fsp3) is 0.222. The normalized spacial score (nSPS) is 15.6. The number of rotatable bonds is 11. The van der Waals surface area contributed by atoms with Gasteiger partial charge in [0.1, 0.15) is 29.1 Å². The number of carbonyl (C=O) groups excluding carboxylic acids is 1. The molecule has 0 saturated heterocycles. The molecule has 0 saturated carbocycles. The van der Waals surface area contributed by atoms with Crippen molar-refractivity contribution < 1.29 is 42.4 Å². The molecule has 2 aromatic carbocycles. The summed E-state index contributed by atoms with van der Waals surface area (Å²) in [6.07, 6.45) is 7.11. The molecule has 1 unspecified atom stereocenters. The van der Waals surface area contributed by atoms with E-state index < -0.39 is 33.7 Å². The number of amides is 1. The number of allylic oxidation sites excluding steroid dienone is 2. The van der Waals surface area contributed by atoms with Crippen molar-refractivity contribution in [3.8, 4) is 22.3 Å². The van der Waals surface area contributed by atoms with Crippen LogP contribution < -0.4 is 19.5 Å². The van der Waals surface area contributed by atoms with Crippen LogP contribution in [-0.2, 0) is 14.6 Å². The Morgan fingerprint density at radius 3 is 2.48 bits per heavy atom. The van der Waals surface area contributed by atoms with E-state index in [1.54, 1.807) is 31.2 Å². The number of hydrogen-bond acceptors (Lipinski definition) is 10. The van der Waals surface area contributed by atoms with Gasteiger partial charge in [0.05, 0.1) is 23.6 Å². The van der Waals surface area contributed by atoms with Crippen molar-refractivity contribution in [2.75, 3.05) is 18.2 Å². The predicted molar refractivity (Wildman–Crippen MR) is 147 cm³/mol. The first-order valence-electron chi connectivity index (χ1n) is 12.0. The van der Waals surface area contributed by atoms with Gasteiger partial charge < -0.3 is 24.4 Å². The number of anilines is 1. The Bertz CT molecular complexity index is 1560. The Labute approximate surface area is 234 Å². The highest BCUT2D eigenvalue weighted by Gasteiger charge is 2.18. The zero-order valence-corrected chi connectivity index (χ0v) is 23.1. The third-order valence-electron chi connectivity index (χ3n) is 5.53. The van der Waals surface area contributed by atoms with Gasteiger partial charge in [-0.2, -0.15) is 0 Å². The Morgan fingerprint density at radius 1 is 1.12 bits per heavy atom. The summed E-state index contributed by atoms with van der Waals surface area (Å²) in [4.78, 5) is 28.5. The molecule has 2 atom stereocenters. The molecule has 0 aliphatic heterocycles. The molecule has 0 bridgehead atoms. The number of nitrogens with zero attached hydrogens (tertiary/aromatic N) is 1. The average Bonchev–Trinajstić information content (AvgIpc) is 3.35. The molecule has 13 heteroatoms. The van der Waals surface area contributed by atoms with Gasteiger partial charge in [-0.3, -0.25) is 14.9 Å². The van der Waals surface area contributed by atoms with Crippen LogP contribution in [-0.4, -0.2) is 54.5 Å². The number of thiazole rings is 1. The maximum Gasteiger partial charge on any atom is 0.310 e. The van der Waals surface area contributed by atoms with E-state index >= 15 is 0 Å². The summed E-state index contributed by atoms with van der Waals surface area (Å²) in [6, 6.07) is 10.3. The lowest BCUT2D eigenvalue weighted by atomic mass is 10.0. The van der Waals surface area contributed by atoms with E-state index in [1.165, 1.54) is 42.6 Å². The van der Waals surface area contributed by atoms with Gasteiger partial charge in [-0.1, -0.05) is 17.4 Å². The third-order valence-corrected chi connectivity index (χ3v) is 7.45. The fourth-order valence-corrected chi connectivity index (χ4v) is 4.81. The van der Waals surface area contributed by atoms with Gasteiger partial charge in [0.25, 0.3) is 5.91 Å². The van der Waals surface area contributed by atoms with Crippen molar-refractivity contribution in [2.45, 2.75) is 24.3 Å². The van der Waals surface area contributed by atoms with Gasteiger partial charge in [-0.15, -0.1) is 0 Å². The summed E-state index contributed by atoms with van der Waals surface area (Å²) in [6.45, 7) is 1.41. The number of nitrogens with one attached hydrogen (secondary N) is 1. The van der Waals surface area contributed by atoms with Crippen LogP contribution in [0.2, 0.25) is 0 Å². The van der Waals surface area contributed by atoms with Crippen LogP contribution in [0.3, 0.4) is 0 Å². The number of aliphatic carboxylic acids is 1. The highest BCUT2D eigenvalue weighted by molar-refractivity contribution is 7.90. The first kappa shape index (κ1) is 28.8. The van der Waals surface area contributed by atoms with Crippen LogP contribution in [0.4, 0.5) is 5.13 Å². The van der Waals surface area contributed by atoms with Crippen molar-refractivity contribution in [1.29, 1.82) is 0 Å². The van der Waals surface area contributed by atoms with Gasteiger partial charge in [0.2, 0.25) is 5.06 Å². The first-order valence-corrected chi connectivity index (χ1v) is 14.7. The summed E-state index contributed by atoms with van der Waals surface area (Å²) < 4.78 is 40.7. The number of carbonyl (C=O) groups is 2. The number of carboxylic acid groups (broad SMARTS) is 1. The maximum absolute atomic E-state index is 13.1. The molecule has 11 nitrogen and oxygen atoms in total. The zero-order chi connectivity index (χ0) is 28.9. The zero-order valence-electron chi connectivity index (χ0n) is 21.4. The molecular weight excluding hydrogens is 560 g/mol. The second kappa shape index (κ2) is 12.3. The molecule has 0 spiro atoms. The summed E-state index contributed by atoms with van der Waals surface area (Å²) in [5, 5.41) is 21.8. The van der Waals surface area contributed by atoms with E-state index in [2.05, 4.69) is 10.3 Å². The Morgan fingerprint density at radius 2 is 1.85 bits per heavy atom. The Balaban J connectivity index is 1.49. The van der Waals surface area contributed by atoms with Gasteiger partial charge in [-0.05, 0) is 61.9 Å². The van der Waals surface area contributed by atoms with Gasteiger partial charge >= 0.3 is 5.97 Å². The van der Waals surface area contributed by atoms with E-state index in [1.807, 2.05) is 0 Å². The molecule has 4 rings (SSSR count). The quantitative estimate of drug-likeness (QED) is 0.296. The molecule has 1 amide bonds. The number of sulfone groups is 1. The molecular formula is C27H26N2O9S2. The fourth-order valence-electron chi connectivity index (χ4n) is 3.50. The molecule has 1 aromatic heterocycles. The van der Waals surface area contributed by atoms with E-state index in [4.69, 9.17) is 19.3 Å². The number of aliphatic hydroxyl groups is 1. The summed E-state index contributed by atoms with van der Waals surface area (Å²) in [5.74, 6) is -0.671. The van der Waals surface area contributed by atoms with Crippen LogP contribution in [0.15, 0.2) is 77.5 Å². The van der Waals surface area contributed by atoms with Crippen molar-refractivity contribution in [2.24, 2.45) is 5.92 Å². The van der Waals surface area contributed by atoms with Crippen LogP contribution in [0.25, 0.3) is 0 Å². The molecule has 40 heavy (non-hydrogen) atoms. The van der Waals surface area contributed by atoms with Crippen LogP contribution in [0, 0.1) is 5.92 Å². The summed E-state index contributed by atoms with van der Waals surface area (Å²) >= 11 is 1.08. The van der Waals surface area contributed by atoms with Crippen LogP contribution >= 0.6 is 11.3 Å². The summed E-state index contributed by atoms with van der Waals surface area (Å²) in [5.41, 5.74) is 0.181. The lowest BCUT2D eigenvalue weighted by Gasteiger charge is -2.15. The molecule has 0 fully saturated rings. The van der Waals surface area contributed by atoms with Crippen molar-refractivity contribution in [3.63, 3.8) is 0 Å². The highest BCUT2D eigenvalue weighted by Crippen LogP contribution is 2.32. The van der Waals surface area contributed by atoms with Gasteiger partial charge in [-0.25, -0.2) is 13.4 Å². The van der Waals surface area contributed by atoms with E-state index in [-0.39, 0.29) is 33.7 Å². The van der Waals surface area contributed by atoms with Crippen LogP contribution in [0.5, 0.6) is 22.3 Å². The Kier molecular flexibility index (Phi) is 8.87. The topological polar surface area (TPSA) is 161 Å². The molecule has 3 N–H and O–H groups in total. The minimum Gasteiger partial charge on any atom is -0.488 e. The molecule has 1 aliphatic carbocycles. The molecule has 3 aromatic rings. The molecule has 1 aliphatic rings. The second-order valence-electron chi connectivity index (χ2n) is 8.84. The number of hydrogen-bond donors (Lipinski definition) is 3. The smallest absolute Gasteiger partial charge is 0.310 e. The number of ether oxygens (including phenoxy) is 3. The van der Waals surface area contributed by atoms with Gasteiger partial charge in [0.15, 0.2) is 15.0 Å². The van der Waals surface area contributed by atoms with Crippen molar-refractivity contribution in [1.82, 2.24) is 4.98 Å². The first-order chi connectivity index (χ1) is 19.0. The Hall–Kier alpha value is -4.20. The average molecular weight is 587 g/mol. The van der Waals surface area contributed by atoms with Crippen molar-refractivity contribution in [3.05, 3.63) is 78.2 Å². The molecule has 0 radical (unpaired) electrons. The van der Waals surface area contributed by atoms with E-state index in [9.17, 15) is 23.1 Å². The highest BCUT2D eigenvalue weighted by atomic mass is 32.2. The third kappa shape index (κ3) is 7.68. The maximum atomic E-state index is 13.1. The molecule has 1 heterocycles. The monoisotopic (exact) mass is 586 g/mol. The number of benzene rings is 2. The number of aromatic nitrogens is 1. The predicted octanol–water partition coefficient (Wildman–Crippen LogP) is 4.27. The lowest BCUT2D eigenvalue weighted by Crippen LogP contribution is -2.17.